The molecule has 5 rings (SSSR count). The molecular weight excluding hydrogens is 439 g/mol. The third-order valence-corrected chi connectivity index (χ3v) is 5.10. The minimum Gasteiger partial charge on any atom is -0.365 e. The molecule has 0 N–H and O–H groups in total. The van der Waals surface area contributed by atoms with E-state index < -0.39 is 28.9 Å². The highest BCUT2D eigenvalue weighted by Crippen LogP contribution is 2.35. The smallest absolute Gasteiger partial charge is 0.365 e. The van der Waals surface area contributed by atoms with Crippen LogP contribution in [0.1, 0.15) is 11.1 Å². The van der Waals surface area contributed by atoms with Gasteiger partial charge in [0.1, 0.15) is 19.2 Å². The number of allylic oxidation sites excluding steroid dienone is 1. The Kier molecular flexibility index (Phi) is 5.29. The van der Waals surface area contributed by atoms with Crippen LogP contribution in [0.5, 0.6) is 0 Å². The maximum atomic E-state index is 12.4. The standard InChI is InChI=1S/C12H13N3O2.C8H3BF6/c16-9-7-8(13-1-2-13)12(17)11(15-5-6-15)10(9)14-3-4-14;9-6-2-4(7(10,11)12)1-5(3-6)8(13,14)15/h7H,1-6H2;1-3H. The fourth-order valence-corrected chi connectivity index (χ4v) is 3.25. The van der Waals surface area contributed by atoms with Gasteiger partial charge in [-0.15, -0.1) is 0 Å². The van der Waals surface area contributed by atoms with Crippen LogP contribution < -0.4 is 5.46 Å². The van der Waals surface area contributed by atoms with Crippen molar-refractivity contribution in [3.05, 3.63) is 52.5 Å². The molecule has 5 nitrogen and oxygen atoms in total. The molecule has 3 heterocycles. The molecule has 12 heteroatoms. The van der Waals surface area contributed by atoms with Crippen molar-refractivity contribution in [3.8, 4) is 0 Å². The zero-order valence-corrected chi connectivity index (χ0v) is 16.6. The Hall–Kier alpha value is -2.92. The maximum Gasteiger partial charge on any atom is 0.416 e. The Labute approximate surface area is 180 Å². The molecule has 3 saturated heterocycles. The summed E-state index contributed by atoms with van der Waals surface area (Å²) < 4.78 is 72.7. The van der Waals surface area contributed by atoms with Gasteiger partial charge in [-0.1, -0.05) is 17.6 Å². The zero-order valence-electron chi connectivity index (χ0n) is 16.6. The number of nitrogens with zero attached hydrogens (tertiary/aromatic N) is 3. The number of hydrogen-bond acceptors (Lipinski definition) is 5. The van der Waals surface area contributed by atoms with E-state index in [-0.39, 0.29) is 17.6 Å². The Morgan fingerprint density at radius 3 is 1.53 bits per heavy atom. The fraction of sp³-hybridized carbons (Fsp3) is 0.400. The summed E-state index contributed by atoms with van der Waals surface area (Å²) in [7, 11) is 4.95. The Balaban J connectivity index is 0.000000155. The summed E-state index contributed by atoms with van der Waals surface area (Å²) in [6.07, 6.45) is -8.15. The van der Waals surface area contributed by atoms with E-state index in [1.165, 1.54) is 6.08 Å². The largest absolute Gasteiger partial charge is 0.416 e. The molecule has 1 aromatic rings. The summed E-state index contributed by atoms with van der Waals surface area (Å²) >= 11 is 0. The topological polar surface area (TPSA) is 43.2 Å². The van der Waals surface area contributed by atoms with E-state index in [0.717, 1.165) is 39.3 Å². The molecule has 4 aliphatic rings. The molecule has 3 aliphatic heterocycles. The molecule has 1 aliphatic carbocycles. The van der Waals surface area contributed by atoms with E-state index in [9.17, 15) is 35.9 Å². The van der Waals surface area contributed by atoms with Gasteiger partial charge in [-0.05, 0) is 6.07 Å². The summed E-state index contributed by atoms with van der Waals surface area (Å²) in [5, 5.41) is 0. The second-order valence-corrected chi connectivity index (χ2v) is 7.72. The van der Waals surface area contributed by atoms with E-state index in [1.54, 1.807) is 0 Å². The van der Waals surface area contributed by atoms with Crippen LogP contribution in [0.25, 0.3) is 0 Å². The molecule has 0 bridgehead atoms. The third kappa shape index (κ3) is 4.78. The van der Waals surface area contributed by atoms with E-state index in [2.05, 4.69) is 0 Å². The summed E-state index contributed by atoms with van der Waals surface area (Å²) in [5.74, 6) is 0.0485. The number of hydrogen-bond donors (Lipinski definition) is 0. The number of rotatable bonds is 3. The monoisotopic (exact) mass is 455 g/mol. The van der Waals surface area contributed by atoms with Crippen molar-refractivity contribution in [2.75, 3.05) is 39.3 Å². The lowest BCUT2D eigenvalue weighted by Crippen LogP contribution is -2.29. The summed E-state index contributed by atoms with van der Waals surface area (Å²) in [5.41, 5.74) is -1.50. The molecular formula is C20H16BF6N3O2. The van der Waals surface area contributed by atoms with Crippen LogP contribution in [0.3, 0.4) is 0 Å². The SMILES string of the molecule is O=C1C=C(N2CC2)C(=O)C(N2CC2)=C1N1CC1.[B]c1cc(C(F)(F)F)cc(C(F)(F)F)c1. The lowest BCUT2D eigenvalue weighted by atomic mass is 9.91. The van der Waals surface area contributed by atoms with Gasteiger partial charge in [-0.25, -0.2) is 0 Å². The van der Waals surface area contributed by atoms with Gasteiger partial charge in [-0.2, -0.15) is 26.3 Å². The molecule has 0 atom stereocenters. The molecule has 3 fully saturated rings. The first-order valence-electron chi connectivity index (χ1n) is 9.71. The second kappa shape index (κ2) is 7.59. The van der Waals surface area contributed by atoms with Gasteiger partial charge in [0.2, 0.25) is 11.6 Å². The minimum absolute atomic E-state index is 0.00546. The number of Topliss-reactive ketones (excluding diaryl/α,β-unsaturated/α-hetero) is 1. The molecule has 0 aromatic heterocycles. The van der Waals surface area contributed by atoms with Crippen LogP contribution in [-0.4, -0.2) is 73.4 Å². The summed E-state index contributed by atoms with van der Waals surface area (Å²) in [4.78, 5) is 30.5. The van der Waals surface area contributed by atoms with Gasteiger partial charge in [0.15, 0.2) is 0 Å². The highest BCUT2D eigenvalue weighted by molar-refractivity contribution is 6.32. The third-order valence-electron chi connectivity index (χ3n) is 5.10. The highest BCUT2D eigenvalue weighted by atomic mass is 19.4. The van der Waals surface area contributed by atoms with Gasteiger partial charge >= 0.3 is 12.4 Å². The average molecular weight is 455 g/mol. The van der Waals surface area contributed by atoms with Gasteiger partial charge in [0.05, 0.1) is 16.8 Å². The normalized spacial score (nSPS) is 20.2. The number of carbonyl (C=O) groups is 2. The van der Waals surface area contributed by atoms with E-state index in [4.69, 9.17) is 7.85 Å². The molecule has 0 saturated carbocycles. The first-order chi connectivity index (χ1) is 14.9. The van der Waals surface area contributed by atoms with Crippen LogP contribution in [0.15, 0.2) is 41.4 Å². The lowest BCUT2D eigenvalue weighted by Gasteiger charge is -2.21. The molecule has 2 radical (unpaired) electrons. The molecule has 0 unspecified atom stereocenters. The number of carbonyl (C=O) groups excluding carboxylic acids is 2. The van der Waals surface area contributed by atoms with Crippen molar-refractivity contribution >= 4 is 24.9 Å². The van der Waals surface area contributed by atoms with Gasteiger partial charge < -0.3 is 14.7 Å². The first-order valence-corrected chi connectivity index (χ1v) is 9.71. The van der Waals surface area contributed by atoms with Crippen LogP contribution in [0.2, 0.25) is 0 Å². The molecule has 168 valence electrons. The predicted octanol–water partition coefficient (Wildman–Crippen LogP) is 1.70. The zero-order chi connectivity index (χ0) is 23.4. The van der Waals surface area contributed by atoms with Crippen molar-refractivity contribution in [2.45, 2.75) is 12.4 Å². The molecule has 0 spiro atoms. The Bertz CT molecular complexity index is 1000. The second-order valence-electron chi connectivity index (χ2n) is 7.72. The Morgan fingerprint density at radius 2 is 1.12 bits per heavy atom. The van der Waals surface area contributed by atoms with Crippen molar-refractivity contribution in [2.24, 2.45) is 0 Å². The van der Waals surface area contributed by atoms with E-state index in [1.807, 2.05) is 14.7 Å². The van der Waals surface area contributed by atoms with Crippen LogP contribution in [-0.2, 0) is 21.9 Å². The minimum atomic E-state index is -4.84. The van der Waals surface area contributed by atoms with Crippen molar-refractivity contribution in [1.29, 1.82) is 0 Å². The fourth-order valence-electron chi connectivity index (χ4n) is 3.25. The van der Waals surface area contributed by atoms with Crippen molar-refractivity contribution in [1.82, 2.24) is 14.7 Å². The number of halogens is 6. The number of benzene rings is 1. The number of alkyl halides is 6. The van der Waals surface area contributed by atoms with E-state index in [0.29, 0.717) is 29.2 Å². The van der Waals surface area contributed by atoms with Crippen LogP contribution in [0, 0.1) is 0 Å². The number of ketones is 2. The van der Waals surface area contributed by atoms with Crippen molar-refractivity contribution in [3.63, 3.8) is 0 Å². The van der Waals surface area contributed by atoms with Crippen molar-refractivity contribution < 1.29 is 35.9 Å². The van der Waals surface area contributed by atoms with Crippen LogP contribution in [0.4, 0.5) is 26.3 Å². The molecule has 32 heavy (non-hydrogen) atoms. The van der Waals surface area contributed by atoms with E-state index >= 15 is 0 Å². The maximum absolute atomic E-state index is 12.4. The van der Waals surface area contributed by atoms with Gasteiger partial charge in [0.25, 0.3) is 0 Å². The van der Waals surface area contributed by atoms with Gasteiger partial charge in [-0.3, -0.25) is 9.59 Å². The predicted molar refractivity (Wildman–Crippen MR) is 102 cm³/mol. The molecule has 0 amide bonds. The van der Waals surface area contributed by atoms with Crippen LogP contribution >= 0.6 is 0 Å². The first kappa shape index (κ1) is 22.3. The average Bonchev–Trinajstić information content (AvgIpc) is 3.54. The summed E-state index contributed by atoms with van der Waals surface area (Å²) in [6, 6.07) is 0.931. The molecule has 1 aromatic carbocycles. The summed E-state index contributed by atoms with van der Waals surface area (Å²) in [6.45, 7) is 5.41. The quantitative estimate of drug-likeness (QED) is 0.301. The highest BCUT2D eigenvalue weighted by Gasteiger charge is 2.43. The Morgan fingerprint density at radius 1 is 0.688 bits per heavy atom. The van der Waals surface area contributed by atoms with Gasteiger partial charge in [0, 0.05) is 45.3 Å². The lowest BCUT2D eigenvalue weighted by molar-refractivity contribution is -0.143.